The lowest BCUT2D eigenvalue weighted by Crippen LogP contribution is -2.09. The lowest BCUT2D eigenvalue weighted by Gasteiger charge is -2.04. The average Bonchev–Trinajstić information content (AvgIpc) is 3.36. The quantitative estimate of drug-likeness (QED) is 0.494. The number of carbonyl (C=O) groups is 2. The predicted octanol–water partition coefficient (Wildman–Crippen LogP) is 3.62. The van der Waals surface area contributed by atoms with Crippen molar-refractivity contribution >= 4 is 17.8 Å². The Hall–Kier alpha value is -2.88. The van der Waals surface area contributed by atoms with E-state index in [1.807, 2.05) is 30.3 Å². The molecule has 0 aromatic heterocycles. The number of benzene rings is 2. The predicted molar refractivity (Wildman–Crippen MR) is 84.2 cm³/mol. The molecule has 4 nitrogen and oxygen atoms in total. The Labute approximate surface area is 133 Å². The first kappa shape index (κ1) is 13.8. The van der Waals surface area contributed by atoms with E-state index in [1.54, 1.807) is 24.3 Å². The summed E-state index contributed by atoms with van der Waals surface area (Å²) in [7, 11) is 0. The van der Waals surface area contributed by atoms with Crippen molar-refractivity contribution in [3.05, 3.63) is 65.4 Å². The number of allylic oxidation sites excluding steroid dienone is 1. The first-order valence-corrected chi connectivity index (χ1v) is 7.56. The highest BCUT2D eigenvalue weighted by molar-refractivity contribution is 6.14. The summed E-state index contributed by atoms with van der Waals surface area (Å²) >= 11 is 0. The van der Waals surface area contributed by atoms with Gasteiger partial charge in [-0.2, -0.15) is 0 Å². The molecule has 0 bridgehead atoms. The lowest BCUT2D eigenvalue weighted by molar-refractivity contribution is -0.135. The largest absolute Gasteiger partial charge is 0.452 e. The molecular formula is C19H14O4. The van der Waals surface area contributed by atoms with Crippen LogP contribution in [0.25, 0.3) is 6.08 Å². The van der Waals surface area contributed by atoms with Gasteiger partial charge in [0.2, 0.25) is 5.78 Å². The van der Waals surface area contributed by atoms with E-state index in [4.69, 9.17) is 9.47 Å². The summed E-state index contributed by atoms with van der Waals surface area (Å²) in [5, 5.41) is 0. The molecule has 0 N–H and O–H groups in total. The zero-order chi connectivity index (χ0) is 15.8. The van der Waals surface area contributed by atoms with E-state index >= 15 is 0 Å². The van der Waals surface area contributed by atoms with Crippen LogP contribution < -0.4 is 9.47 Å². The van der Waals surface area contributed by atoms with E-state index in [0.717, 1.165) is 18.4 Å². The molecule has 0 amide bonds. The second kappa shape index (κ2) is 5.39. The highest BCUT2D eigenvalue weighted by Gasteiger charge is 2.32. The number of ketones is 1. The third kappa shape index (κ3) is 2.75. The Morgan fingerprint density at radius 1 is 1.13 bits per heavy atom. The van der Waals surface area contributed by atoms with E-state index < -0.39 is 0 Å². The van der Waals surface area contributed by atoms with Crippen LogP contribution in [0.2, 0.25) is 0 Å². The molecular weight excluding hydrogens is 292 g/mol. The molecule has 4 rings (SSSR count). The molecule has 1 aliphatic heterocycles. The van der Waals surface area contributed by atoms with Gasteiger partial charge in [0.25, 0.3) is 0 Å². The number of hydrogen-bond donors (Lipinski definition) is 0. The summed E-state index contributed by atoms with van der Waals surface area (Å²) in [6.07, 6.45) is 3.49. The first-order chi connectivity index (χ1) is 11.2. The summed E-state index contributed by atoms with van der Waals surface area (Å²) < 4.78 is 10.9. The number of Topliss-reactive ketones (excluding diaryl/α,β-unsaturated/α-hetero) is 1. The van der Waals surface area contributed by atoms with E-state index in [0.29, 0.717) is 17.1 Å². The first-order valence-electron chi connectivity index (χ1n) is 7.56. The van der Waals surface area contributed by atoms with Crippen molar-refractivity contribution in [3.8, 4) is 11.5 Å². The molecule has 0 unspecified atom stereocenters. The van der Waals surface area contributed by atoms with Gasteiger partial charge in [-0.3, -0.25) is 9.59 Å². The number of fused-ring (bicyclic) bond motifs is 1. The van der Waals surface area contributed by atoms with E-state index in [2.05, 4.69) is 0 Å². The van der Waals surface area contributed by atoms with Gasteiger partial charge in [-0.1, -0.05) is 30.3 Å². The Bertz CT molecular complexity index is 817. The average molecular weight is 306 g/mol. The highest BCUT2D eigenvalue weighted by Crippen LogP contribution is 2.36. The molecule has 2 aromatic rings. The SMILES string of the molecule is O=C1/C(=C/c2ccccc2)Oc2cc(OC(=O)C3CC3)ccc21. The zero-order valence-corrected chi connectivity index (χ0v) is 12.3. The van der Waals surface area contributed by atoms with Crippen LogP contribution in [0.4, 0.5) is 0 Å². The monoisotopic (exact) mass is 306 g/mol. The molecule has 0 spiro atoms. The lowest BCUT2D eigenvalue weighted by atomic mass is 10.1. The summed E-state index contributed by atoms with van der Waals surface area (Å²) in [6.45, 7) is 0. The van der Waals surface area contributed by atoms with Gasteiger partial charge in [0.15, 0.2) is 5.76 Å². The van der Waals surface area contributed by atoms with E-state index in [-0.39, 0.29) is 23.4 Å². The van der Waals surface area contributed by atoms with Crippen LogP contribution in [0.5, 0.6) is 11.5 Å². The molecule has 114 valence electrons. The van der Waals surface area contributed by atoms with E-state index in [9.17, 15) is 9.59 Å². The summed E-state index contributed by atoms with van der Waals surface area (Å²) in [6, 6.07) is 14.4. The minimum atomic E-state index is -0.214. The third-order valence-electron chi connectivity index (χ3n) is 3.87. The van der Waals surface area contributed by atoms with Crippen LogP contribution in [0.3, 0.4) is 0 Å². The Morgan fingerprint density at radius 2 is 1.91 bits per heavy atom. The minimum absolute atomic E-state index is 0.0272. The van der Waals surface area contributed by atoms with Gasteiger partial charge in [0.1, 0.15) is 11.5 Å². The fraction of sp³-hybridized carbons (Fsp3) is 0.158. The number of carbonyl (C=O) groups excluding carboxylic acids is 2. The molecule has 1 heterocycles. The maximum atomic E-state index is 12.4. The van der Waals surface area contributed by atoms with Crippen molar-refractivity contribution in [1.82, 2.24) is 0 Å². The van der Waals surface area contributed by atoms with Gasteiger partial charge >= 0.3 is 5.97 Å². The fourth-order valence-corrected chi connectivity index (χ4v) is 2.45. The van der Waals surface area contributed by atoms with Crippen molar-refractivity contribution in [2.45, 2.75) is 12.8 Å². The maximum absolute atomic E-state index is 12.4. The topological polar surface area (TPSA) is 52.6 Å². The molecule has 1 saturated carbocycles. The van der Waals surface area contributed by atoms with Crippen molar-refractivity contribution < 1.29 is 19.1 Å². The second-order valence-electron chi connectivity index (χ2n) is 5.70. The Kier molecular flexibility index (Phi) is 3.23. The molecule has 0 atom stereocenters. The number of esters is 1. The van der Waals surface area contributed by atoms with Gasteiger partial charge in [0, 0.05) is 6.07 Å². The smallest absolute Gasteiger partial charge is 0.314 e. The van der Waals surface area contributed by atoms with Gasteiger partial charge < -0.3 is 9.47 Å². The van der Waals surface area contributed by atoms with Crippen molar-refractivity contribution in [1.29, 1.82) is 0 Å². The van der Waals surface area contributed by atoms with Crippen molar-refractivity contribution in [3.63, 3.8) is 0 Å². The van der Waals surface area contributed by atoms with Gasteiger partial charge in [-0.15, -0.1) is 0 Å². The number of hydrogen-bond acceptors (Lipinski definition) is 4. The van der Waals surface area contributed by atoms with Crippen molar-refractivity contribution in [2.24, 2.45) is 5.92 Å². The molecule has 2 aromatic carbocycles. The van der Waals surface area contributed by atoms with Gasteiger partial charge in [0.05, 0.1) is 11.5 Å². The fourth-order valence-electron chi connectivity index (χ4n) is 2.45. The molecule has 23 heavy (non-hydrogen) atoms. The molecule has 0 saturated heterocycles. The van der Waals surface area contributed by atoms with Crippen LogP contribution >= 0.6 is 0 Å². The second-order valence-corrected chi connectivity index (χ2v) is 5.70. The summed E-state index contributed by atoms with van der Waals surface area (Å²) in [5.74, 6) is 0.766. The van der Waals surface area contributed by atoms with Crippen LogP contribution in [-0.2, 0) is 4.79 Å². The molecule has 1 aliphatic carbocycles. The van der Waals surface area contributed by atoms with Gasteiger partial charge in [-0.05, 0) is 36.6 Å². The minimum Gasteiger partial charge on any atom is -0.452 e. The van der Waals surface area contributed by atoms with Crippen molar-refractivity contribution in [2.75, 3.05) is 0 Å². The van der Waals surface area contributed by atoms with E-state index in [1.165, 1.54) is 0 Å². The molecule has 1 fully saturated rings. The standard InChI is InChI=1S/C19H14O4/c20-18-15-9-8-14(22-19(21)13-6-7-13)11-16(15)23-17(18)10-12-4-2-1-3-5-12/h1-5,8-11,13H,6-7H2/b17-10-. The zero-order valence-electron chi connectivity index (χ0n) is 12.3. The van der Waals surface area contributed by atoms with Crippen LogP contribution in [0, 0.1) is 5.92 Å². The molecule has 2 aliphatic rings. The molecule has 4 heteroatoms. The third-order valence-corrected chi connectivity index (χ3v) is 3.87. The van der Waals surface area contributed by atoms with Crippen LogP contribution in [-0.4, -0.2) is 11.8 Å². The number of ether oxygens (including phenoxy) is 2. The van der Waals surface area contributed by atoms with Crippen LogP contribution in [0.15, 0.2) is 54.3 Å². The maximum Gasteiger partial charge on any atom is 0.314 e. The summed E-state index contributed by atoms with van der Waals surface area (Å²) in [5.41, 5.74) is 1.38. The normalized spacial score (nSPS) is 17.7. The number of rotatable bonds is 3. The molecule has 0 radical (unpaired) electrons. The Morgan fingerprint density at radius 3 is 2.65 bits per heavy atom. The van der Waals surface area contributed by atoms with Gasteiger partial charge in [-0.25, -0.2) is 0 Å². The summed E-state index contributed by atoms with van der Waals surface area (Å²) in [4.78, 5) is 24.1. The van der Waals surface area contributed by atoms with Crippen LogP contribution in [0.1, 0.15) is 28.8 Å². The highest BCUT2D eigenvalue weighted by atomic mass is 16.5. The Balaban J connectivity index is 1.58.